The number of nitrogens with zero attached hydrogens (tertiary/aromatic N) is 3. The predicted octanol–water partition coefficient (Wildman–Crippen LogP) is 3.84. The minimum atomic E-state index is -0.0992. The molecule has 0 bridgehead atoms. The predicted molar refractivity (Wildman–Crippen MR) is 130 cm³/mol. The van der Waals surface area contributed by atoms with Crippen LogP contribution in [0, 0.1) is 0 Å². The SMILES string of the molecule is O=C(NCc1ccc2nccn2c1)c1ccc(C2=CCN(C(=O)CCC3CCCO3)CC2)cc1. The second kappa shape index (κ2) is 10.2. The van der Waals surface area contributed by atoms with Crippen LogP contribution in [0.25, 0.3) is 11.2 Å². The number of hydrogen-bond donors (Lipinski definition) is 1. The molecule has 0 saturated carbocycles. The van der Waals surface area contributed by atoms with Gasteiger partial charge in [-0.2, -0.15) is 0 Å². The van der Waals surface area contributed by atoms with Crippen LogP contribution in [0.3, 0.4) is 0 Å². The summed E-state index contributed by atoms with van der Waals surface area (Å²) >= 11 is 0. The molecule has 1 fully saturated rings. The maximum Gasteiger partial charge on any atom is 0.251 e. The number of ether oxygens (including phenoxy) is 1. The Balaban J connectivity index is 1.12. The Morgan fingerprint density at radius 1 is 1.15 bits per heavy atom. The summed E-state index contributed by atoms with van der Waals surface area (Å²) in [5.41, 5.74) is 4.86. The number of pyridine rings is 1. The van der Waals surface area contributed by atoms with Crippen LogP contribution in [-0.4, -0.2) is 51.9 Å². The average Bonchev–Trinajstić information content (AvgIpc) is 3.58. The quantitative estimate of drug-likeness (QED) is 0.584. The first-order chi connectivity index (χ1) is 16.7. The van der Waals surface area contributed by atoms with Crippen LogP contribution in [0.4, 0.5) is 0 Å². The second-order valence-corrected chi connectivity index (χ2v) is 8.98. The summed E-state index contributed by atoms with van der Waals surface area (Å²) < 4.78 is 7.57. The molecule has 0 radical (unpaired) electrons. The van der Waals surface area contributed by atoms with E-state index >= 15 is 0 Å². The minimum absolute atomic E-state index is 0.0992. The summed E-state index contributed by atoms with van der Waals surface area (Å²) in [5, 5.41) is 2.98. The number of hydrogen-bond acceptors (Lipinski definition) is 4. The molecule has 5 rings (SSSR count). The Kier molecular flexibility index (Phi) is 6.72. The molecule has 0 spiro atoms. The number of benzene rings is 1. The van der Waals surface area contributed by atoms with Crippen molar-refractivity contribution in [3.05, 3.63) is 77.8 Å². The molecule has 1 unspecified atom stereocenters. The third-order valence-electron chi connectivity index (χ3n) is 6.69. The van der Waals surface area contributed by atoms with Crippen molar-refractivity contribution in [2.45, 2.75) is 44.8 Å². The molecule has 2 aliphatic heterocycles. The van der Waals surface area contributed by atoms with E-state index in [0.29, 0.717) is 25.1 Å². The van der Waals surface area contributed by atoms with Crippen LogP contribution in [0.5, 0.6) is 0 Å². The lowest BCUT2D eigenvalue weighted by molar-refractivity contribution is -0.131. The van der Waals surface area contributed by atoms with Crippen molar-refractivity contribution in [2.75, 3.05) is 19.7 Å². The lowest BCUT2D eigenvalue weighted by Crippen LogP contribution is -2.35. The van der Waals surface area contributed by atoms with Gasteiger partial charge >= 0.3 is 0 Å². The number of fused-ring (bicyclic) bond motifs is 1. The molecule has 1 saturated heterocycles. The van der Waals surface area contributed by atoms with E-state index in [-0.39, 0.29) is 17.9 Å². The van der Waals surface area contributed by atoms with Crippen LogP contribution in [0.2, 0.25) is 0 Å². The van der Waals surface area contributed by atoms with Crippen LogP contribution in [-0.2, 0) is 16.1 Å². The Hall–Kier alpha value is -3.45. The number of carbonyl (C=O) groups is 2. The van der Waals surface area contributed by atoms with Gasteiger partial charge in [-0.05, 0) is 60.6 Å². The van der Waals surface area contributed by atoms with Gasteiger partial charge in [0, 0.05) is 56.8 Å². The van der Waals surface area contributed by atoms with Crippen molar-refractivity contribution in [3.63, 3.8) is 0 Å². The molecule has 2 amide bonds. The number of amides is 2. The van der Waals surface area contributed by atoms with Gasteiger partial charge in [-0.25, -0.2) is 4.98 Å². The maximum atomic E-state index is 12.6. The molecule has 2 aromatic heterocycles. The van der Waals surface area contributed by atoms with Gasteiger partial charge in [0.25, 0.3) is 5.91 Å². The molecule has 1 aromatic carbocycles. The van der Waals surface area contributed by atoms with E-state index < -0.39 is 0 Å². The zero-order chi connectivity index (χ0) is 23.3. The van der Waals surface area contributed by atoms with Gasteiger partial charge < -0.3 is 19.4 Å². The zero-order valence-electron chi connectivity index (χ0n) is 19.3. The van der Waals surface area contributed by atoms with Gasteiger partial charge in [-0.15, -0.1) is 0 Å². The fourth-order valence-electron chi connectivity index (χ4n) is 4.66. The first-order valence-electron chi connectivity index (χ1n) is 12.0. The summed E-state index contributed by atoms with van der Waals surface area (Å²) in [7, 11) is 0. The van der Waals surface area contributed by atoms with Crippen LogP contribution in [0.15, 0.2) is 61.1 Å². The molecule has 1 N–H and O–H groups in total. The number of rotatable bonds is 7. The van der Waals surface area contributed by atoms with Crippen molar-refractivity contribution in [2.24, 2.45) is 0 Å². The molecule has 4 heterocycles. The molecule has 2 aliphatic rings. The molecule has 3 aromatic rings. The number of nitrogens with one attached hydrogen (secondary N) is 1. The topological polar surface area (TPSA) is 75.9 Å². The number of aromatic nitrogens is 2. The van der Waals surface area contributed by atoms with Gasteiger partial charge in [0.2, 0.25) is 5.91 Å². The normalized spacial score (nSPS) is 18.2. The molecule has 7 heteroatoms. The highest BCUT2D eigenvalue weighted by Gasteiger charge is 2.21. The van der Waals surface area contributed by atoms with Crippen molar-refractivity contribution < 1.29 is 14.3 Å². The van der Waals surface area contributed by atoms with E-state index in [0.717, 1.165) is 55.6 Å². The Labute approximate surface area is 199 Å². The van der Waals surface area contributed by atoms with Crippen LogP contribution < -0.4 is 5.32 Å². The highest BCUT2D eigenvalue weighted by Crippen LogP contribution is 2.24. The summed E-state index contributed by atoms with van der Waals surface area (Å²) in [6.07, 6.45) is 12.4. The van der Waals surface area contributed by atoms with Gasteiger partial charge in [0.1, 0.15) is 5.65 Å². The number of imidazole rings is 1. The maximum absolute atomic E-state index is 12.6. The first kappa shape index (κ1) is 22.3. The average molecular weight is 459 g/mol. The molecule has 0 aliphatic carbocycles. The summed E-state index contributed by atoms with van der Waals surface area (Å²) in [6, 6.07) is 11.6. The van der Waals surface area contributed by atoms with Crippen LogP contribution >= 0.6 is 0 Å². The Morgan fingerprint density at radius 2 is 2.03 bits per heavy atom. The van der Waals surface area contributed by atoms with E-state index in [4.69, 9.17) is 4.74 Å². The van der Waals surface area contributed by atoms with Gasteiger partial charge in [-0.3, -0.25) is 9.59 Å². The number of carbonyl (C=O) groups excluding carboxylic acids is 2. The smallest absolute Gasteiger partial charge is 0.251 e. The lowest BCUT2D eigenvalue weighted by Gasteiger charge is -2.27. The van der Waals surface area contributed by atoms with Crippen molar-refractivity contribution >= 4 is 23.0 Å². The van der Waals surface area contributed by atoms with Gasteiger partial charge in [-0.1, -0.05) is 24.3 Å². The van der Waals surface area contributed by atoms with E-state index in [2.05, 4.69) is 16.4 Å². The van der Waals surface area contributed by atoms with Crippen molar-refractivity contribution in [1.82, 2.24) is 19.6 Å². The van der Waals surface area contributed by atoms with Gasteiger partial charge in [0.15, 0.2) is 0 Å². The Morgan fingerprint density at radius 3 is 2.79 bits per heavy atom. The third kappa shape index (κ3) is 5.20. The fourth-order valence-corrected chi connectivity index (χ4v) is 4.66. The first-order valence-corrected chi connectivity index (χ1v) is 12.0. The van der Waals surface area contributed by atoms with E-state index in [1.54, 1.807) is 6.20 Å². The van der Waals surface area contributed by atoms with Crippen molar-refractivity contribution in [1.29, 1.82) is 0 Å². The summed E-state index contributed by atoms with van der Waals surface area (Å²) in [5.74, 6) is 0.114. The monoisotopic (exact) mass is 458 g/mol. The van der Waals surface area contributed by atoms with E-state index in [9.17, 15) is 9.59 Å². The highest BCUT2D eigenvalue weighted by atomic mass is 16.5. The molecular formula is C27H30N4O3. The molecule has 7 nitrogen and oxygen atoms in total. The van der Waals surface area contributed by atoms with Crippen LogP contribution in [0.1, 0.15) is 53.6 Å². The molecular weight excluding hydrogens is 428 g/mol. The molecule has 1 atom stereocenters. The fraction of sp³-hybridized carbons (Fsp3) is 0.370. The third-order valence-corrected chi connectivity index (χ3v) is 6.69. The van der Waals surface area contributed by atoms with Crippen molar-refractivity contribution in [3.8, 4) is 0 Å². The van der Waals surface area contributed by atoms with E-state index in [1.165, 1.54) is 5.57 Å². The lowest BCUT2D eigenvalue weighted by atomic mass is 9.98. The molecule has 176 valence electrons. The van der Waals surface area contributed by atoms with Gasteiger partial charge in [0.05, 0.1) is 6.10 Å². The molecule has 34 heavy (non-hydrogen) atoms. The summed E-state index contributed by atoms with van der Waals surface area (Å²) in [4.78, 5) is 31.3. The highest BCUT2D eigenvalue weighted by molar-refractivity contribution is 5.94. The summed E-state index contributed by atoms with van der Waals surface area (Å²) in [6.45, 7) is 2.66. The minimum Gasteiger partial charge on any atom is -0.378 e. The standard InChI is InChI=1S/C27H30N4O3/c32-26(10-8-24-2-1-17-34-24)30-14-11-22(12-15-30)21-4-6-23(7-5-21)27(33)29-18-20-3-9-25-28-13-16-31(25)19-20/h3-7,9,11,13,16,19,24H,1-2,8,10,12,14-15,17-18H2,(H,29,33). The largest absolute Gasteiger partial charge is 0.378 e. The Bertz CT molecular complexity index is 1190. The second-order valence-electron chi connectivity index (χ2n) is 8.98. The zero-order valence-corrected chi connectivity index (χ0v) is 19.3. The van der Waals surface area contributed by atoms with E-state index in [1.807, 2.05) is 58.1 Å².